The average molecular weight is 170 g/mol. The van der Waals surface area contributed by atoms with Crippen molar-refractivity contribution in [3.05, 3.63) is 12.4 Å². The van der Waals surface area contributed by atoms with Crippen LogP contribution in [0.15, 0.2) is 17.4 Å². The van der Waals surface area contributed by atoms with Crippen molar-refractivity contribution in [3.63, 3.8) is 0 Å². The third-order valence-electron chi connectivity index (χ3n) is 1.22. The van der Waals surface area contributed by atoms with E-state index in [4.69, 9.17) is 0 Å². The molecule has 0 bridgehead atoms. The Labute approximate surface area is 74.1 Å². The first-order chi connectivity index (χ1) is 5.60. The Morgan fingerprint density at radius 2 is 2.00 bits per heavy atom. The van der Waals surface area contributed by atoms with E-state index < -0.39 is 0 Å². The highest BCUT2D eigenvalue weighted by molar-refractivity contribution is 5.81. The van der Waals surface area contributed by atoms with Crippen molar-refractivity contribution in [2.45, 2.75) is 19.9 Å². The second-order valence-corrected chi connectivity index (χ2v) is 2.72. The predicted octanol–water partition coefficient (Wildman–Crippen LogP) is 0.250. The van der Waals surface area contributed by atoms with Crippen molar-refractivity contribution < 1.29 is 0 Å². The van der Waals surface area contributed by atoms with Gasteiger partial charge in [0.15, 0.2) is 5.96 Å². The molecule has 0 heterocycles. The molecule has 0 fully saturated rings. The summed E-state index contributed by atoms with van der Waals surface area (Å²) in [5, 5.41) is 8.99. The molecule has 0 spiro atoms. The van der Waals surface area contributed by atoms with Crippen molar-refractivity contribution in [3.8, 4) is 0 Å². The van der Waals surface area contributed by atoms with Crippen molar-refractivity contribution in [2.75, 3.05) is 14.1 Å². The molecule has 0 aromatic heterocycles. The zero-order valence-electron chi connectivity index (χ0n) is 8.23. The SMILES string of the molecule is C=C(NC)NC(=NC)NC(C)C. The molecule has 0 aliphatic rings. The van der Waals surface area contributed by atoms with Gasteiger partial charge in [0.05, 0.1) is 5.82 Å². The molecule has 0 rings (SSSR count). The summed E-state index contributed by atoms with van der Waals surface area (Å²) >= 11 is 0. The van der Waals surface area contributed by atoms with Crippen LogP contribution in [0.3, 0.4) is 0 Å². The minimum absolute atomic E-state index is 0.362. The number of nitrogens with zero attached hydrogens (tertiary/aromatic N) is 1. The summed E-state index contributed by atoms with van der Waals surface area (Å²) in [6, 6.07) is 0.362. The molecule has 0 aromatic rings. The maximum atomic E-state index is 4.01. The lowest BCUT2D eigenvalue weighted by Crippen LogP contribution is -2.42. The minimum atomic E-state index is 0.362. The van der Waals surface area contributed by atoms with E-state index >= 15 is 0 Å². The largest absolute Gasteiger partial charge is 0.375 e. The van der Waals surface area contributed by atoms with E-state index in [0.717, 1.165) is 11.8 Å². The minimum Gasteiger partial charge on any atom is -0.375 e. The maximum Gasteiger partial charge on any atom is 0.196 e. The molecule has 0 radical (unpaired) electrons. The molecule has 0 saturated heterocycles. The molecular formula is C8H18N4. The van der Waals surface area contributed by atoms with E-state index in [9.17, 15) is 0 Å². The van der Waals surface area contributed by atoms with Crippen LogP contribution in [0.4, 0.5) is 0 Å². The molecule has 0 aliphatic carbocycles. The van der Waals surface area contributed by atoms with E-state index in [1.165, 1.54) is 0 Å². The van der Waals surface area contributed by atoms with Crippen molar-refractivity contribution >= 4 is 5.96 Å². The Kier molecular flexibility index (Phi) is 4.92. The van der Waals surface area contributed by atoms with Crippen LogP contribution in [0, 0.1) is 0 Å². The summed E-state index contributed by atoms with van der Waals surface area (Å²) < 4.78 is 0. The molecule has 0 aliphatic heterocycles. The highest BCUT2D eigenvalue weighted by Crippen LogP contribution is 1.79. The van der Waals surface area contributed by atoms with Crippen molar-refractivity contribution in [1.82, 2.24) is 16.0 Å². The lowest BCUT2D eigenvalue weighted by molar-refractivity contribution is 0.708. The van der Waals surface area contributed by atoms with Crippen molar-refractivity contribution in [1.29, 1.82) is 0 Å². The molecular weight excluding hydrogens is 152 g/mol. The van der Waals surface area contributed by atoms with Crippen LogP contribution in [0.25, 0.3) is 0 Å². The van der Waals surface area contributed by atoms with Crippen LogP contribution in [-0.4, -0.2) is 26.1 Å². The summed E-state index contributed by atoms with van der Waals surface area (Å²) in [7, 11) is 3.53. The van der Waals surface area contributed by atoms with Crippen LogP contribution in [-0.2, 0) is 0 Å². The molecule has 0 saturated carbocycles. The lowest BCUT2D eigenvalue weighted by atomic mass is 10.4. The summed E-state index contributed by atoms with van der Waals surface area (Å²) in [6.07, 6.45) is 0. The van der Waals surface area contributed by atoms with Gasteiger partial charge in [-0.3, -0.25) is 4.99 Å². The molecule has 4 heteroatoms. The van der Waals surface area contributed by atoms with E-state index in [1.54, 1.807) is 14.1 Å². The van der Waals surface area contributed by atoms with Crippen LogP contribution >= 0.6 is 0 Å². The van der Waals surface area contributed by atoms with Crippen LogP contribution in [0.1, 0.15) is 13.8 Å². The molecule has 3 N–H and O–H groups in total. The quantitative estimate of drug-likeness (QED) is 0.420. The third kappa shape index (κ3) is 4.60. The maximum absolute atomic E-state index is 4.01. The second-order valence-electron chi connectivity index (χ2n) is 2.72. The fourth-order valence-corrected chi connectivity index (χ4v) is 0.635. The average Bonchev–Trinajstić information content (AvgIpc) is 2.02. The fourth-order valence-electron chi connectivity index (χ4n) is 0.635. The van der Waals surface area contributed by atoms with Crippen molar-refractivity contribution in [2.24, 2.45) is 4.99 Å². The lowest BCUT2D eigenvalue weighted by Gasteiger charge is -2.15. The summed E-state index contributed by atoms with van der Waals surface area (Å²) in [4.78, 5) is 4.01. The normalized spacial score (nSPS) is 11.2. The van der Waals surface area contributed by atoms with Crippen LogP contribution in [0.5, 0.6) is 0 Å². The van der Waals surface area contributed by atoms with E-state index in [2.05, 4.69) is 41.4 Å². The number of guanidine groups is 1. The second kappa shape index (κ2) is 5.46. The van der Waals surface area contributed by atoms with Gasteiger partial charge in [-0.2, -0.15) is 0 Å². The molecule has 12 heavy (non-hydrogen) atoms. The van der Waals surface area contributed by atoms with Gasteiger partial charge in [0.1, 0.15) is 0 Å². The molecule has 0 aromatic carbocycles. The Morgan fingerprint density at radius 3 is 2.33 bits per heavy atom. The Morgan fingerprint density at radius 1 is 1.42 bits per heavy atom. The van der Waals surface area contributed by atoms with Gasteiger partial charge < -0.3 is 16.0 Å². The zero-order chi connectivity index (χ0) is 9.56. The van der Waals surface area contributed by atoms with Gasteiger partial charge in [-0.1, -0.05) is 6.58 Å². The van der Waals surface area contributed by atoms with Gasteiger partial charge in [-0.25, -0.2) is 0 Å². The Bertz CT molecular complexity index is 172. The third-order valence-corrected chi connectivity index (χ3v) is 1.22. The van der Waals surface area contributed by atoms with Gasteiger partial charge in [0, 0.05) is 20.1 Å². The molecule has 0 atom stereocenters. The molecule has 0 unspecified atom stereocenters. The zero-order valence-corrected chi connectivity index (χ0v) is 8.23. The highest BCUT2D eigenvalue weighted by Gasteiger charge is 1.99. The molecule has 0 amide bonds. The standard InChI is InChI=1S/C8H18N4/c1-6(2)11-8(10-5)12-7(3)9-4/h6,9H,3H2,1-2,4-5H3,(H2,10,11,12). The highest BCUT2D eigenvalue weighted by atomic mass is 15.2. The van der Waals surface area contributed by atoms with Gasteiger partial charge in [0.2, 0.25) is 0 Å². The Hall–Kier alpha value is -1.19. The van der Waals surface area contributed by atoms with Crippen LogP contribution in [0.2, 0.25) is 0 Å². The summed E-state index contributed by atoms with van der Waals surface area (Å²) in [5.74, 6) is 1.45. The predicted molar refractivity (Wildman–Crippen MR) is 53.0 cm³/mol. The Balaban J connectivity index is 3.93. The van der Waals surface area contributed by atoms with Gasteiger partial charge in [-0.15, -0.1) is 0 Å². The number of hydrogen-bond acceptors (Lipinski definition) is 2. The van der Waals surface area contributed by atoms with Crippen LogP contribution < -0.4 is 16.0 Å². The van der Waals surface area contributed by atoms with E-state index in [0.29, 0.717) is 6.04 Å². The topological polar surface area (TPSA) is 48.5 Å². The summed E-state index contributed by atoms with van der Waals surface area (Å²) in [5.41, 5.74) is 0. The van der Waals surface area contributed by atoms with E-state index in [1.807, 2.05) is 0 Å². The molecule has 4 nitrogen and oxygen atoms in total. The van der Waals surface area contributed by atoms with Gasteiger partial charge >= 0.3 is 0 Å². The number of hydrogen-bond donors (Lipinski definition) is 3. The monoisotopic (exact) mass is 170 g/mol. The fraction of sp³-hybridized carbons (Fsp3) is 0.625. The first-order valence-electron chi connectivity index (χ1n) is 3.97. The number of nitrogens with one attached hydrogen (secondary N) is 3. The number of rotatable bonds is 3. The summed E-state index contributed by atoms with van der Waals surface area (Å²) in [6.45, 7) is 7.83. The van der Waals surface area contributed by atoms with E-state index in [-0.39, 0.29) is 0 Å². The smallest absolute Gasteiger partial charge is 0.196 e. The van der Waals surface area contributed by atoms with Gasteiger partial charge in [0.25, 0.3) is 0 Å². The number of aliphatic imine (C=N–C) groups is 1. The molecule has 70 valence electrons. The first-order valence-corrected chi connectivity index (χ1v) is 3.97. The van der Waals surface area contributed by atoms with Gasteiger partial charge in [-0.05, 0) is 13.8 Å². The first kappa shape index (κ1) is 10.8.